The Morgan fingerprint density at radius 3 is 3.20 bits per heavy atom. The zero-order valence-corrected chi connectivity index (χ0v) is 2.56. The van der Waals surface area contributed by atoms with Gasteiger partial charge in [-0.15, -0.1) is 0 Å². The molecule has 0 unspecified atom stereocenters. The lowest BCUT2D eigenvalue weighted by Gasteiger charge is -1.73. The maximum Gasteiger partial charge on any atom is 0.217 e. The molecule has 0 heterocycles. The molecule has 0 aliphatic carbocycles. The zero-order chi connectivity index (χ0) is 7.65. The summed E-state index contributed by atoms with van der Waals surface area (Å²) in [5.74, 6) is -1.27. The fourth-order valence-corrected chi connectivity index (χ4v) is 0. The molecule has 0 aliphatic rings. The summed E-state index contributed by atoms with van der Waals surface area (Å²) in [6.07, 6.45) is -2.53. The highest BCUT2D eigenvalue weighted by atomic mass is 16.1. The summed E-state index contributed by atoms with van der Waals surface area (Å²) in [7, 11) is 0. The van der Waals surface area contributed by atoms with Crippen LogP contribution in [0.2, 0.25) is 0 Å². The van der Waals surface area contributed by atoms with Crippen LogP contribution in [0.5, 0.6) is 0 Å². The molecule has 0 aromatic carbocycles. The summed E-state index contributed by atoms with van der Waals surface area (Å²) < 4.78 is 26.3. The Hall–Kier alpha value is -0.530. The Morgan fingerprint density at radius 1 is 2.60 bits per heavy atom. The maximum absolute atomic E-state index is 10.1. The highest BCUT2D eigenvalue weighted by molar-refractivity contribution is 5.73. The van der Waals surface area contributed by atoms with E-state index in [0.29, 0.717) is 0 Å². The summed E-state index contributed by atoms with van der Waals surface area (Å²) in [6, 6.07) is 0. The van der Waals surface area contributed by atoms with Gasteiger partial charge in [-0.3, -0.25) is 4.79 Å². The molecule has 0 fully saturated rings. The molecule has 2 nitrogen and oxygen atoms in total. The van der Waals surface area contributed by atoms with Crippen molar-refractivity contribution >= 4 is 5.91 Å². The lowest BCUT2D eigenvalue weighted by Crippen LogP contribution is -2.06. The molecule has 0 atom stereocenters. The summed E-state index contributed by atoms with van der Waals surface area (Å²) in [5.41, 5.74) is 4.52. The van der Waals surface area contributed by atoms with Crippen LogP contribution in [-0.2, 0) is 4.79 Å². The Bertz CT molecular complexity index is 123. The largest absolute Gasteiger partial charge is 0.370 e. The first-order valence-electron chi connectivity index (χ1n) is 3.19. The average Bonchev–Trinajstić information content (AvgIpc) is 1.65. The quantitative estimate of drug-likeness (QED) is 0.466. The van der Waals surface area contributed by atoms with Crippen molar-refractivity contribution in [3.8, 4) is 0 Å². The van der Waals surface area contributed by atoms with E-state index < -0.39 is 19.2 Å². The van der Waals surface area contributed by atoms with Crippen LogP contribution in [0.25, 0.3) is 0 Å². The molecule has 5 heavy (non-hydrogen) atoms. The van der Waals surface area contributed by atoms with Gasteiger partial charge < -0.3 is 5.73 Å². The SMILES string of the molecule is [2H]C([2H])C([2H])([2H])C(N)=O. The molecule has 0 saturated carbocycles. The Balaban J connectivity index is 4.19. The van der Waals surface area contributed by atoms with Gasteiger partial charge in [0.2, 0.25) is 5.91 Å². The van der Waals surface area contributed by atoms with Crippen LogP contribution >= 0.6 is 0 Å². The van der Waals surface area contributed by atoms with Gasteiger partial charge in [0.05, 0.1) is 0 Å². The first kappa shape index (κ1) is 0.965. The first-order chi connectivity index (χ1) is 3.89. The van der Waals surface area contributed by atoms with Crippen molar-refractivity contribution in [2.24, 2.45) is 5.73 Å². The van der Waals surface area contributed by atoms with Crippen molar-refractivity contribution in [2.75, 3.05) is 0 Å². The third kappa shape index (κ3) is 3.47. The zero-order valence-electron chi connectivity index (χ0n) is 6.56. The fraction of sp³-hybridized carbons (Fsp3) is 0.667. The van der Waals surface area contributed by atoms with E-state index in [4.69, 9.17) is 5.48 Å². The molecule has 1 amide bonds. The van der Waals surface area contributed by atoms with E-state index in [-0.39, 0.29) is 0 Å². The van der Waals surface area contributed by atoms with Crippen molar-refractivity contribution in [1.82, 2.24) is 0 Å². The number of primary amides is 1. The molecule has 0 saturated heterocycles. The van der Waals surface area contributed by atoms with E-state index in [1.54, 1.807) is 0 Å². The van der Waals surface area contributed by atoms with Gasteiger partial charge in [0.1, 0.15) is 0 Å². The van der Waals surface area contributed by atoms with Gasteiger partial charge in [-0.25, -0.2) is 0 Å². The van der Waals surface area contributed by atoms with Crippen LogP contribution in [-0.4, -0.2) is 5.91 Å². The molecule has 0 rings (SSSR count). The molecule has 2 N–H and O–H groups in total. The van der Waals surface area contributed by atoms with Gasteiger partial charge in [0.15, 0.2) is 0 Å². The minimum absolute atomic E-state index is 1.27. The van der Waals surface area contributed by atoms with Crippen molar-refractivity contribution in [1.29, 1.82) is 0 Å². The van der Waals surface area contributed by atoms with E-state index in [0.717, 1.165) is 0 Å². The van der Waals surface area contributed by atoms with Crippen LogP contribution in [0.1, 0.15) is 18.7 Å². The van der Waals surface area contributed by atoms with E-state index in [2.05, 4.69) is 5.73 Å². The smallest absolute Gasteiger partial charge is 0.217 e. The normalized spacial score (nSPS) is 22.6. The number of carbonyl (C=O) groups is 1. The van der Waals surface area contributed by atoms with Gasteiger partial charge in [0, 0.05) is 11.9 Å². The van der Waals surface area contributed by atoms with Crippen LogP contribution in [0.3, 0.4) is 0 Å². The van der Waals surface area contributed by atoms with Gasteiger partial charge in [-0.05, 0) is 0 Å². The van der Waals surface area contributed by atoms with Crippen molar-refractivity contribution in [3.63, 3.8) is 0 Å². The van der Waals surface area contributed by atoms with Crippen molar-refractivity contribution < 1.29 is 10.3 Å². The van der Waals surface area contributed by atoms with E-state index in [1.807, 2.05) is 0 Å². The van der Waals surface area contributed by atoms with Crippen LogP contribution in [0, 0.1) is 0 Å². The Morgan fingerprint density at radius 2 is 3.20 bits per heavy atom. The molecular weight excluding hydrogens is 66.0 g/mol. The van der Waals surface area contributed by atoms with E-state index in [9.17, 15) is 4.79 Å². The molecule has 0 bridgehead atoms. The lowest BCUT2D eigenvalue weighted by molar-refractivity contribution is -0.117. The average molecular weight is 77.1 g/mol. The molecule has 0 radical (unpaired) electrons. The van der Waals surface area contributed by atoms with Gasteiger partial charge >= 0.3 is 0 Å². The monoisotopic (exact) mass is 77.1 g/mol. The van der Waals surface area contributed by atoms with Gasteiger partial charge in [-0.2, -0.15) is 0 Å². The Kier molecular flexibility index (Phi) is 0.339. The second kappa shape index (κ2) is 1.76. The van der Waals surface area contributed by atoms with Gasteiger partial charge in [0.25, 0.3) is 0 Å². The second-order valence-corrected chi connectivity index (χ2v) is 0.509. The van der Waals surface area contributed by atoms with E-state index >= 15 is 0 Å². The third-order valence-electron chi connectivity index (χ3n) is 0.142. The molecule has 0 aromatic heterocycles. The maximum atomic E-state index is 10.1. The second-order valence-electron chi connectivity index (χ2n) is 0.509. The summed E-state index contributed by atoms with van der Waals surface area (Å²) in [4.78, 5) is 10.1. The third-order valence-corrected chi connectivity index (χ3v) is 0.142. The van der Waals surface area contributed by atoms with Crippen molar-refractivity contribution in [3.05, 3.63) is 0 Å². The minimum atomic E-state index is -2.53. The standard InChI is InChI=1S/C3H7NO/c1-2-3(4)5/h2H2,1H3,(H2,4,5)/i1D2,2D2. The number of amides is 1. The molecular formula is C3H7NO. The predicted octanol–water partition coefficient (Wildman–Crippen LogP) is -0.118. The predicted molar refractivity (Wildman–Crippen MR) is 19.5 cm³/mol. The molecule has 30 valence electrons. The number of rotatable bonds is 1. The summed E-state index contributed by atoms with van der Waals surface area (Å²) in [6.45, 7) is -1.85. The summed E-state index contributed by atoms with van der Waals surface area (Å²) in [5, 5.41) is 0. The first-order valence-corrected chi connectivity index (χ1v) is 1.03. The van der Waals surface area contributed by atoms with Crippen LogP contribution < -0.4 is 5.73 Å². The minimum Gasteiger partial charge on any atom is -0.370 e. The molecule has 2 heteroatoms. The Labute approximate surface area is 36.6 Å². The number of hydrogen-bond acceptors (Lipinski definition) is 1. The van der Waals surface area contributed by atoms with Crippen LogP contribution in [0.15, 0.2) is 0 Å². The van der Waals surface area contributed by atoms with Crippen LogP contribution in [0.4, 0.5) is 0 Å². The van der Waals surface area contributed by atoms with E-state index in [1.165, 1.54) is 0 Å². The molecule has 0 aliphatic heterocycles. The summed E-state index contributed by atoms with van der Waals surface area (Å²) >= 11 is 0. The fourth-order valence-electron chi connectivity index (χ4n) is 0. The lowest BCUT2D eigenvalue weighted by atomic mass is 10.5. The number of carbonyl (C=O) groups excluding carboxylic acids is 1. The topological polar surface area (TPSA) is 43.1 Å². The number of hydrogen-bond donors (Lipinski definition) is 1. The van der Waals surface area contributed by atoms with Crippen molar-refractivity contribution in [2.45, 2.75) is 13.2 Å². The van der Waals surface area contributed by atoms with Gasteiger partial charge in [-0.1, -0.05) is 6.88 Å². The molecule has 0 aromatic rings. The number of nitrogens with two attached hydrogens (primary N) is 1. The highest BCUT2D eigenvalue weighted by Gasteiger charge is 1.77. The molecule has 0 spiro atoms. The highest BCUT2D eigenvalue weighted by Crippen LogP contribution is 1.63.